The first kappa shape index (κ1) is 23.7. The molecule has 0 saturated carbocycles. The van der Waals surface area contributed by atoms with Gasteiger partial charge in [0.15, 0.2) is 5.69 Å². The Morgan fingerprint density at radius 1 is 1.26 bits per heavy atom. The maximum Gasteiger partial charge on any atom is 0.296 e. The summed E-state index contributed by atoms with van der Waals surface area (Å²) in [6.07, 6.45) is 2.48. The van der Waals surface area contributed by atoms with Gasteiger partial charge in [-0.2, -0.15) is 5.26 Å². The lowest BCUT2D eigenvalue weighted by Gasteiger charge is -2.27. The van der Waals surface area contributed by atoms with E-state index >= 15 is 0 Å². The first-order valence-corrected chi connectivity index (χ1v) is 10.9. The maximum atomic E-state index is 12.9. The summed E-state index contributed by atoms with van der Waals surface area (Å²) in [7, 11) is 1.47. The predicted molar refractivity (Wildman–Crippen MR) is 128 cm³/mol. The summed E-state index contributed by atoms with van der Waals surface area (Å²) < 4.78 is 5.90. The number of aromatic hydroxyl groups is 1. The van der Waals surface area contributed by atoms with Gasteiger partial charge in [-0.15, -0.1) is 0 Å². The molecule has 0 fully saturated rings. The molecule has 1 amide bonds. The molecule has 0 unspecified atom stereocenters. The van der Waals surface area contributed by atoms with Crippen LogP contribution in [-0.2, 0) is 7.05 Å². The molecule has 0 saturated heterocycles. The highest BCUT2D eigenvalue weighted by atomic mass is 35.5. The molecule has 10 heteroatoms. The largest absolute Gasteiger partial charge is 0.501 e. The van der Waals surface area contributed by atoms with E-state index in [-0.39, 0.29) is 11.5 Å². The third-order valence-electron chi connectivity index (χ3n) is 5.74. The molecule has 2 aromatic carbocycles. The number of nitriles is 1. The Kier molecular flexibility index (Phi) is 6.66. The molecule has 2 atom stereocenters. The zero-order valence-corrected chi connectivity index (χ0v) is 19.5. The highest BCUT2D eigenvalue weighted by molar-refractivity contribution is 6.30. The maximum absolute atomic E-state index is 12.9. The third kappa shape index (κ3) is 4.65. The topological polar surface area (TPSA) is 134 Å². The van der Waals surface area contributed by atoms with Crippen molar-refractivity contribution in [1.29, 1.82) is 5.26 Å². The van der Waals surface area contributed by atoms with Gasteiger partial charge in [0.05, 0.1) is 17.8 Å². The monoisotopic (exact) mass is 489 g/mol. The van der Waals surface area contributed by atoms with Crippen molar-refractivity contribution in [3.05, 3.63) is 105 Å². The number of amides is 1. The predicted octanol–water partition coefficient (Wildman–Crippen LogP) is 4.19. The summed E-state index contributed by atoms with van der Waals surface area (Å²) >= 11 is 6.13. The summed E-state index contributed by atoms with van der Waals surface area (Å²) in [5.74, 6) is -2.24. The van der Waals surface area contributed by atoms with Gasteiger partial charge < -0.3 is 14.9 Å². The van der Waals surface area contributed by atoms with Crippen LogP contribution in [0.25, 0.3) is 0 Å². The Morgan fingerprint density at radius 2 is 2.00 bits per heavy atom. The zero-order chi connectivity index (χ0) is 25.1. The number of anilines is 1. The first-order chi connectivity index (χ1) is 16.8. The molecule has 0 radical (unpaired) electrons. The van der Waals surface area contributed by atoms with E-state index in [2.05, 4.69) is 21.5 Å². The van der Waals surface area contributed by atoms with Crippen molar-refractivity contribution in [3.8, 4) is 11.8 Å². The molecule has 2 N–H and O–H groups in total. The number of nitrogens with zero attached hydrogens (tertiary/aromatic N) is 4. The standard InChI is InChI=1S/C25H20ClN5O4/c1-14(20(15-6-4-3-5-7-15)19-9-8-17(26)10-16(19)11-27)23-30-21(22(32)25(34)31(23)2)24(33)29-18-12-28-35-13-18/h3-10,12-14,20,32H,1-2H3,(H,29,33)/t14-,20-/m0/s1. The van der Waals surface area contributed by atoms with Gasteiger partial charge in [0.25, 0.3) is 11.5 Å². The molecule has 9 nitrogen and oxygen atoms in total. The molecule has 2 aromatic heterocycles. The molecule has 4 rings (SSSR count). The lowest BCUT2D eigenvalue weighted by Crippen LogP contribution is -2.29. The van der Waals surface area contributed by atoms with Crippen LogP contribution in [0.5, 0.6) is 5.75 Å². The van der Waals surface area contributed by atoms with E-state index in [4.69, 9.17) is 16.1 Å². The number of hydrogen-bond donors (Lipinski definition) is 2. The average molecular weight is 490 g/mol. The second-order valence-corrected chi connectivity index (χ2v) is 8.36. The van der Waals surface area contributed by atoms with E-state index < -0.39 is 34.7 Å². The fourth-order valence-corrected chi connectivity index (χ4v) is 4.24. The van der Waals surface area contributed by atoms with Crippen LogP contribution in [-0.4, -0.2) is 25.7 Å². The molecule has 0 aliphatic carbocycles. The van der Waals surface area contributed by atoms with Crippen LogP contribution in [0.3, 0.4) is 0 Å². The summed E-state index contributed by atoms with van der Waals surface area (Å²) in [5, 5.41) is 26.6. The summed E-state index contributed by atoms with van der Waals surface area (Å²) in [6.45, 7) is 1.84. The number of carbonyl (C=O) groups excluding carboxylic acids is 1. The molecule has 2 heterocycles. The lowest BCUT2D eigenvalue weighted by molar-refractivity contribution is 0.101. The molecule has 35 heavy (non-hydrogen) atoms. The smallest absolute Gasteiger partial charge is 0.296 e. The van der Waals surface area contributed by atoms with Gasteiger partial charge >= 0.3 is 0 Å². The minimum absolute atomic E-state index is 0.244. The summed E-state index contributed by atoms with van der Waals surface area (Å²) in [5.41, 5.74) is 0.978. The fourth-order valence-electron chi connectivity index (χ4n) is 4.07. The van der Waals surface area contributed by atoms with E-state index in [0.29, 0.717) is 16.1 Å². The minimum atomic E-state index is -0.794. The van der Waals surface area contributed by atoms with Crippen molar-refractivity contribution >= 4 is 23.2 Å². The van der Waals surface area contributed by atoms with Crippen molar-refractivity contribution < 1.29 is 14.4 Å². The average Bonchev–Trinajstić information content (AvgIpc) is 3.37. The van der Waals surface area contributed by atoms with E-state index in [0.717, 1.165) is 5.56 Å². The van der Waals surface area contributed by atoms with Gasteiger partial charge in [-0.05, 0) is 23.3 Å². The Hall–Kier alpha value is -4.42. The molecule has 0 bridgehead atoms. The number of benzene rings is 2. The Morgan fingerprint density at radius 3 is 2.66 bits per heavy atom. The van der Waals surface area contributed by atoms with Crippen LogP contribution >= 0.6 is 11.6 Å². The van der Waals surface area contributed by atoms with Crippen LogP contribution in [0.4, 0.5) is 5.69 Å². The summed E-state index contributed by atoms with van der Waals surface area (Å²) in [6, 6.07) is 16.7. The van der Waals surface area contributed by atoms with Gasteiger partial charge in [0.1, 0.15) is 17.8 Å². The summed E-state index contributed by atoms with van der Waals surface area (Å²) in [4.78, 5) is 30.1. The fraction of sp³-hybridized carbons (Fsp3) is 0.160. The normalized spacial score (nSPS) is 12.5. The van der Waals surface area contributed by atoms with Crippen LogP contribution in [0.2, 0.25) is 5.02 Å². The number of aromatic nitrogens is 3. The zero-order valence-electron chi connectivity index (χ0n) is 18.8. The van der Waals surface area contributed by atoms with E-state index in [1.807, 2.05) is 37.3 Å². The number of halogens is 1. The van der Waals surface area contributed by atoms with Crippen molar-refractivity contribution in [3.63, 3.8) is 0 Å². The second-order valence-electron chi connectivity index (χ2n) is 7.92. The first-order valence-electron chi connectivity index (χ1n) is 10.6. The van der Waals surface area contributed by atoms with E-state index in [1.165, 1.54) is 24.1 Å². The SMILES string of the molecule is C[C@H](c1nc(C(=O)Nc2cnoc2)c(O)c(=O)n1C)[C@@H](c1ccccc1)c1ccc(Cl)cc1C#N. The van der Waals surface area contributed by atoms with Crippen LogP contribution in [0, 0.1) is 11.3 Å². The van der Waals surface area contributed by atoms with Crippen LogP contribution in [0.1, 0.15) is 51.8 Å². The van der Waals surface area contributed by atoms with E-state index in [1.54, 1.807) is 18.2 Å². The Balaban J connectivity index is 1.87. The Labute approximate surface area is 205 Å². The molecule has 4 aromatic rings. The van der Waals surface area contributed by atoms with Crippen molar-refractivity contribution in [2.45, 2.75) is 18.8 Å². The van der Waals surface area contributed by atoms with Gasteiger partial charge in [-0.1, -0.05) is 60.1 Å². The van der Waals surface area contributed by atoms with Gasteiger partial charge in [-0.25, -0.2) is 4.98 Å². The van der Waals surface area contributed by atoms with Gasteiger partial charge in [-0.3, -0.25) is 14.2 Å². The third-order valence-corrected chi connectivity index (χ3v) is 5.98. The van der Waals surface area contributed by atoms with E-state index in [9.17, 15) is 20.0 Å². The molecular formula is C25H20ClN5O4. The lowest BCUT2D eigenvalue weighted by atomic mass is 9.79. The molecular weight excluding hydrogens is 470 g/mol. The van der Waals surface area contributed by atoms with Crippen LogP contribution < -0.4 is 10.9 Å². The van der Waals surface area contributed by atoms with Crippen LogP contribution in [0.15, 0.2) is 70.3 Å². The minimum Gasteiger partial charge on any atom is -0.501 e. The van der Waals surface area contributed by atoms with Crippen molar-refractivity contribution in [2.24, 2.45) is 7.05 Å². The molecule has 176 valence electrons. The quantitative estimate of drug-likeness (QED) is 0.414. The highest BCUT2D eigenvalue weighted by Crippen LogP contribution is 2.39. The van der Waals surface area contributed by atoms with Crippen molar-refractivity contribution in [1.82, 2.24) is 14.7 Å². The Bertz CT molecular complexity index is 1480. The molecule has 0 aliphatic rings. The number of carbonyl (C=O) groups is 1. The number of hydrogen-bond acceptors (Lipinski definition) is 7. The highest BCUT2D eigenvalue weighted by Gasteiger charge is 2.30. The second kappa shape index (κ2) is 9.83. The van der Waals surface area contributed by atoms with Gasteiger partial charge in [0.2, 0.25) is 5.75 Å². The molecule has 0 spiro atoms. The van der Waals surface area contributed by atoms with Crippen molar-refractivity contribution in [2.75, 3.05) is 5.32 Å². The number of nitrogens with one attached hydrogen (secondary N) is 1. The number of rotatable bonds is 6. The molecule has 0 aliphatic heterocycles. The van der Waals surface area contributed by atoms with Gasteiger partial charge in [0, 0.05) is 23.9 Å².